The largest absolute Gasteiger partial charge is 0.490 e. The molecule has 0 saturated carbocycles. The maximum atomic E-state index is 14.3. The first-order chi connectivity index (χ1) is 24.2. The van der Waals surface area contributed by atoms with Crippen molar-refractivity contribution < 1.29 is 42.1 Å². The number of fused-ring (bicyclic) bond motifs is 1. The summed E-state index contributed by atoms with van der Waals surface area (Å²) >= 11 is 0. The number of nitrogens with zero attached hydrogens (tertiary/aromatic N) is 2. The topological polar surface area (TPSA) is 132 Å². The van der Waals surface area contributed by atoms with E-state index in [-0.39, 0.29) is 43.0 Å². The highest BCUT2D eigenvalue weighted by molar-refractivity contribution is 6.02. The number of likely N-dealkylation sites (N-methyl/N-ethyl adjacent to an activating group) is 1. The van der Waals surface area contributed by atoms with Gasteiger partial charge in [0.1, 0.15) is 5.75 Å². The molecule has 1 heterocycles. The van der Waals surface area contributed by atoms with Crippen molar-refractivity contribution in [1.29, 1.82) is 0 Å². The number of alkyl halides is 3. The van der Waals surface area contributed by atoms with Gasteiger partial charge < -0.3 is 40.3 Å². The van der Waals surface area contributed by atoms with Gasteiger partial charge in [-0.2, -0.15) is 13.2 Å². The Morgan fingerprint density at radius 3 is 2.27 bits per heavy atom. The second-order valence-corrected chi connectivity index (χ2v) is 12.8. The van der Waals surface area contributed by atoms with Gasteiger partial charge in [-0.3, -0.25) is 4.79 Å². The number of urea groups is 2. The Morgan fingerprint density at radius 1 is 0.961 bits per heavy atom. The zero-order valence-electron chi connectivity index (χ0n) is 29.2. The Hall–Kier alpha value is -4.82. The molecule has 0 spiro atoms. The van der Waals surface area contributed by atoms with Crippen molar-refractivity contribution in [3.8, 4) is 5.75 Å². The summed E-state index contributed by atoms with van der Waals surface area (Å²) in [4.78, 5) is 43.1. The van der Waals surface area contributed by atoms with Gasteiger partial charge in [0.25, 0.3) is 5.91 Å². The Bertz CT molecular complexity index is 1610. The van der Waals surface area contributed by atoms with Gasteiger partial charge in [-0.25, -0.2) is 9.59 Å². The monoisotopic (exact) mass is 713 g/mol. The normalized spacial score (nSPS) is 19.5. The molecule has 11 nitrogen and oxygen atoms in total. The summed E-state index contributed by atoms with van der Waals surface area (Å²) in [7, 11) is 1.55. The molecule has 14 heteroatoms. The molecule has 0 aromatic heterocycles. The molecule has 4 atom stereocenters. The highest BCUT2D eigenvalue weighted by atomic mass is 19.4. The number of ether oxygens (including phenoxy) is 2. The third-order valence-electron chi connectivity index (χ3n) is 8.61. The van der Waals surface area contributed by atoms with Gasteiger partial charge in [0.05, 0.1) is 36.0 Å². The van der Waals surface area contributed by atoms with Crippen molar-refractivity contribution >= 4 is 35.0 Å². The summed E-state index contributed by atoms with van der Waals surface area (Å²) in [6.45, 7) is 5.81. The van der Waals surface area contributed by atoms with Gasteiger partial charge in [0, 0.05) is 49.7 Å². The molecule has 0 unspecified atom stereocenters. The summed E-state index contributed by atoms with van der Waals surface area (Å²) in [5, 5.41) is 18.3. The molecular weight excluding hydrogens is 667 g/mol. The fourth-order valence-electron chi connectivity index (χ4n) is 5.59. The molecule has 0 fully saturated rings. The van der Waals surface area contributed by atoms with E-state index >= 15 is 0 Å². The summed E-state index contributed by atoms with van der Waals surface area (Å²) in [5.41, 5.74) is 0.540. The van der Waals surface area contributed by atoms with Gasteiger partial charge in [0.2, 0.25) is 0 Å². The number of aliphatic hydroxyl groups is 1. The number of benzene rings is 3. The van der Waals surface area contributed by atoms with Crippen molar-refractivity contribution in [3.05, 3.63) is 83.9 Å². The minimum atomic E-state index is -4.49. The van der Waals surface area contributed by atoms with Gasteiger partial charge >= 0.3 is 18.2 Å². The van der Waals surface area contributed by atoms with Crippen LogP contribution in [0.15, 0.2) is 72.8 Å². The van der Waals surface area contributed by atoms with E-state index in [1.54, 1.807) is 56.4 Å². The van der Waals surface area contributed by atoms with Crippen molar-refractivity contribution in [2.45, 2.75) is 64.5 Å². The molecule has 51 heavy (non-hydrogen) atoms. The molecule has 1 aliphatic heterocycles. The number of aliphatic hydroxyl groups excluding tert-OH is 1. The molecular formula is C37H46F3N5O6. The van der Waals surface area contributed by atoms with Crippen molar-refractivity contribution in [3.63, 3.8) is 0 Å². The summed E-state index contributed by atoms with van der Waals surface area (Å²) < 4.78 is 51.5. The number of carbonyl (C=O) groups excluding carboxylic acids is 3. The third kappa shape index (κ3) is 11.3. The molecule has 1 aliphatic rings. The average Bonchev–Trinajstić information content (AvgIpc) is 3.09. The first-order valence-electron chi connectivity index (χ1n) is 16.9. The van der Waals surface area contributed by atoms with Gasteiger partial charge in [0.15, 0.2) is 0 Å². The first-order valence-corrected chi connectivity index (χ1v) is 16.9. The Balaban J connectivity index is 1.55. The maximum Gasteiger partial charge on any atom is 0.416 e. The highest BCUT2D eigenvalue weighted by Gasteiger charge is 2.32. The Kier molecular flexibility index (Phi) is 13.7. The minimum absolute atomic E-state index is 0.115. The lowest BCUT2D eigenvalue weighted by Gasteiger charge is -2.35. The lowest BCUT2D eigenvalue weighted by atomic mass is 10.0. The van der Waals surface area contributed by atoms with E-state index < -0.39 is 41.9 Å². The predicted molar refractivity (Wildman–Crippen MR) is 189 cm³/mol. The van der Waals surface area contributed by atoms with E-state index in [1.807, 2.05) is 19.9 Å². The van der Waals surface area contributed by atoms with Crippen LogP contribution in [-0.2, 0) is 10.9 Å². The molecule has 3 aromatic carbocycles. The van der Waals surface area contributed by atoms with Crippen LogP contribution in [0.4, 0.5) is 39.8 Å². The van der Waals surface area contributed by atoms with Crippen LogP contribution in [0.25, 0.3) is 0 Å². The van der Waals surface area contributed by atoms with E-state index in [9.17, 15) is 32.7 Å². The lowest BCUT2D eigenvalue weighted by molar-refractivity contribution is -0.137. The van der Waals surface area contributed by atoms with Crippen molar-refractivity contribution in [1.82, 2.24) is 9.80 Å². The number of rotatable bonds is 7. The van der Waals surface area contributed by atoms with Crippen LogP contribution in [0.2, 0.25) is 0 Å². The number of halogens is 3. The average molecular weight is 714 g/mol. The minimum Gasteiger partial charge on any atom is -0.490 e. The van der Waals surface area contributed by atoms with E-state index in [4.69, 9.17) is 9.47 Å². The molecule has 0 saturated heterocycles. The van der Waals surface area contributed by atoms with E-state index in [1.165, 1.54) is 21.9 Å². The molecule has 3 aromatic rings. The Labute approximate surface area is 296 Å². The summed E-state index contributed by atoms with van der Waals surface area (Å²) in [5.74, 6) is -0.427. The lowest BCUT2D eigenvalue weighted by Crippen LogP contribution is -2.48. The van der Waals surface area contributed by atoms with Crippen LogP contribution in [0, 0.1) is 5.92 Å². The molecule has 276 valence electrons. The number of para-hydroxylation sites is 1. The first kappa shape index (κ1) is 39.0. The van der Waals surface area contributed by atoms with Crippen LogP contribution in [0.5, 0.6) is 5.75 Å². The Morgan fingerprint density at radius 2 is 1.61 bits per heavy atom. The zero-order valence-corrected chi connectivity index (χ0v) is 29.2. The van der Waals surface area contributed by atoms with Crippen molar-refractivity contribution in [2.75, 3.05) is 49.3 Å². The highest BCUT2D eigenvalue weighted by Crippen LogP contribution is 2.31. The second-order valence-electron chi connectivity index (χ2n) is 12.8. The van der Waals surface area contributed by atoms with Crippen LogP contribution in [-0.4, -0.2) is 84.5 Å². The number of carbonyl (C=O) groups is 3. The number of hydrogen-bond donors (Lipinski definition) is 4. The standard InChI is InChI=1S/C37H46F3N5O6/c1-24-21-45(25(2)23-46)34(47)31-20-30(42-35(48)41-28-11-6-5-7-12-28)17-18-32(31)51-26(3)10-8-9-19-50-33(24)22-44(4)36(49)43-29-15-13-27(14-16-29)37(38,39)40/h5-7,11-18,20,24-26,33,46H,8-10,19,21-23H2,1-4H3,(H,43,49)(H2,41,42,48)/t24-,25+,26+,33-/m0/s1. The van der Waals surface area contributed by atoms with Gasteiger partial charge in [-0.05, 0) is 87.7 Å². The quantitative estimate of drug-likeness (QED) is 0.203. The SMILES string of the molecule is C[C@@H]1CCCCO[C@@H](CN(C)C(=O)Nc2ccc(C(F)(F)F)cc2)[C@@H](C)CN([C@H](C)CO)C(=O)c2cc(NC(=O)Nc3ccccc3)ccc2O1. The van der Waals surface area contributed by atoms with Crippen molar-refractivity contribution in [2.24, 2.45) is 5.92 Å². The number of amides is 5. The number of nitrogens with one attached hydrogen (secondary N) is 3. The number of hydrogen-bond acceptors (Lipinski definition) is 6. The fraction of sp³-hybridized carbons (Fsp3) is 0.432. The van der Waals surface area contributed by atoms with E-state index in [0.717, 1.165) is 18.6 Å². The number of anilines is 3. The van der Waals surface area contributed by atoms with Gasteiger partial charge in [-0.1, -0.05) is 25.1 Å². The maximum absolute atomic E-state index is 14.3. The van der Waals surface area contributed by atoms with Gasteiger partial charge in [-0.15, -0.1) is 0 Å². The molecule has 0 radical (unpaired) electrons. The van der Waals surface area contributed by atoms with Crippen LogP contribution < -0.4 is 20.7 Å². The fourth-order valence-corrected chi connectivity index (χ4v) is 5.59. The molecule has 0 bridgehead atoms. The molecule has 4 rings (SSSR count). The smallest absolute Gasteiger partial charge is 0.416 e. The zero-order chi connectivity index (χ0) is 37.1. The van der Waals surface area contributed by atoms with E-state index in [2.05, 4.69) is 16.0 Å². The molecule has 4 N–H and O–H groups in total. The summed E-state index contributed by atoms with van der Waals surface area (Å²) in [6.07, 6.45) is -3.14. The van der Waals surface area contributed by atoms with Crippen LogP contribution >= 0.6 is 0 Å². The van der Waals surface area contributed by atoms with Crippen LogP contribution in [0.3, 0.4) is 0 Å². The van der Waals surface area contributed by atoms with E-state index in [0.29, 0.717) is 36.6 Å². The summed E-state index contributed by atoms with van der Waals surface area (Å²) in [6, 6.07) is 16.3. The van der Waals surface area contributed by atoms with Crippen LogP contribution in [0.1, 0.15) is 56.0 Å². The predicted octanol–water partition coefficient (Wildman–Crippen LogP) is 7.31. The molecule has 5 amide bonds. The third-order valence-corrected chi connectivity index (χ3v) is 8.61. The second kappa shape index (κ2) is 17.9. The molecule has 0 aliphatic carbocycles.